The van der Waals surface area contributed by atoms with Crippen molar-refractivity contribution in [2.45, 2.75) is 37.8 Å². The van der Waals surface area contributed by atoms with E-state index in [-0.39, 0.29) is 24.7 Å². The molecule has 3 aliphatic heterocycles. The highest BCUT2D eigenvalue weighted by molar-refractivity contribution is 5.93. The number of benzene rings is 1. The molecule has 0 radical (unpaired) electrons. The number of esters is 1. The van der Waals surface area contributed by atoms with Gasteiger partial charge in [-0.15, -0.1) is 0 Å². The lowest BCUT2D eigenvalue weighted by molar-refractivity contribution is -0.113. The summed E-state index contributed by atoms with van der Waals surface area (Å²) in [7, 11) is 1.49. The van der Waals surface area contributed by atoms with Crippen LogP contribution in [0.15, 0.2) is 24.4 Å². The smallest absolute Gasteiger partial charge is 0.338 e. The number of carbonyl (C=O) groups excluding carboxylic acids is 1. The van der Waals surface area contributed by atoms with Gasteiger partial charge in [0.25, 0.3) is 0 Å². The molecule has 1 aromatic heterocycles. The normalized spacial score (nSPS) is 23.5. The number of aromatic nitrogens is 1. The van der Waals surface area contributed by atoms with Crippen LogP contribution in [0.4, 0.5) is 0 Å². The highest BCUT2D eigenvalue weighted by Gasteiger charge is 2.40. The monoisotopic (exact) mass is 494 g/mol. The first-order chi connectivity index (χ1) is 17.4. The molecular formula is C26H30N4O6. The Labute approximate surface area is 209 Å². The molecule has 3 aliphatic rings. The maximum absolute atomic E-state index is 11.8. The number of cyclic esters (lactones) is 1. The van der Waals surface area contributed by atoms with Crippen LogP contribution in [0.3, 0.4) is 0 Å². The second kappa shape index (κ2) is 10.1. The van der Waals surface area contributed by atoms with Gasteiger partial charge in [0.15, 0.2) is 0 Å². The number of piperazine rings is 1. The Balaban J connectivity index is 1.25. The van der Waals surface area contributed by atoms with Gasteiger partial charge in [-0.05, 0) is 24.1 Å². The molecule has 2 fully saturated rings. The lowest BCUT2D eigenvalue weighted by atomic mass is 9.94. The molecule has 2 saturated heterocycles. The summed E-state index contributed by atoms with van der Waals surface area (Å²) in [6, 6.07) is 7.33. The maximum Gasteiger partial charge on any atom is 0.338 e. The molecule has 1 aromatic carbocycles. The Morgan fingerprint density at radius 1 is 1.22 bits per heavy atom. The number of hydrogen-bond donors (Lipinski definition) is 2. The molecule has 2 aromatic rings. The third-order valence-corrected chi connectivity index (χ3v) is 7.45. The van der Waals surface area contributed by atoms with Crippen LogP contribution in [0, 0.1) is 18.3 Å². The van der Waals surface area contributed by atoms with E-state index in [0.29, 0.717) is 62.0 Å². The number of methoxy groups -OCH3 is 1. The van der Waals surface area contributed by atoms with E-state index in [1.807, 2.05) is 19.1 Å². The van der Waals surface area contributed by atoms with Crippen LogP contribution in [0.5, 0.6) is 5.75 Å². The van der Waals surface area contributed by atoms with Crippen LogP contribution < -0.4 is 4.74 Å². The van der Waals surface area contributed by atoms with E-state index in [0.717, 1.165) is 16.7 Å². The molecule has 2 N–H and O–H groups in total. The standard InChI is InChI=1S/C26H30N4O6/c1-15-19(3-4-20-21(15)14-36-26(20)33)23(31)10-29-8-17-12-35-13-18(9-29)30(17)11-24(32)22-5-25(34-2)16(6-27)7-28-22/h3-5,7,17-18,23-24,31-32H,8-14H2,1-2H3/t17?,18?,23-,24?/m0/s1. The number of fused-ring (bicyclic) bond motifs is 3. The van der Waals surface area contributed by atoms with E-state index < -0.39 is 12.2 Å². The number of hydrogen-bond acceptors (Lipinski definition) is 10. The number of nitriles is 1. The van der Waals surface area contributed by atoms with Crippen LogP contribution >= 0.6 is 0 Å². The quantitative estimate of drug-likeness (QED) is 0.540. The Bertz CT molecular complexity index is 1180. The van der Waals surface area contributed by atoms with Crippen LogP contribution in [-0.2, 0) is 16.1 Å². The topological polar surface area (TPSA) is 128 Å². The average Bonchev–Trinajstić information content (AvgIpc) is 3.25. The molecule has 4 atom stereocenters. The number of pyridine rings is 1. The molecule has 0 spiro atoms. The van der Waals surface area contributed by atoms with Crippen LogP contribution in [0.25, 0.3) is 0 Å². The summed E-state index contributed by atoms with van der Waals surface area (Å²) >= 11 is 0. The van der Waals surface area contributed by atoms with E-state index in [1.165, 1.54) is 13.3 Å². The molecule has 0 amide bonds. The molecule has 4 heterocycles. The molecular weight excluding hydrogens is 464 g/mol. The zero-order valence-corrected chi connectivity index (χ0v) is 20.4. The second-order valence-corrected chi connectivity index (χ2v) is 9.60. The minimum Gasteiger partial charge on any atom is -0.495 e. The van der Waals surface area contributed by atoms with Gasteiger partial charge in [-0.25, -0.2) is 4.79 Å². The first-order valence-corrected chi connectivity index (χ1v) is 12.0. The lowest BCUT2D eigenvalue weighted by Crippen LogP contribution is -2.65. The van der Waals surface area contributed by atoms with Crippen LogP contribution in [0.2, 0.25) is 0 Å². The summed E-state index contributed by atoms with van der Waals surface area (Å²) in [6.45, 7) is 5.48. The fraction of sp³-hybridized carbons (Fsp3) is 0.500. The Kier molecular flexibility index (Phi) is 6.92. The van der Waals surface area contributed by atoms with Gasteiger partial charge in [0.1, 0.15) is 30.1 Å². The number of carbonyl (C=O) groups is 1. The van der Waals surface area contributed by atoms with Crippen molar-refractivity contribution in [3.05, 3.63) is 57.9 Å². The fourth-order valence-corrected chi connectivity index (χ4v) is 5.51. The van der Waals surface area contributed by atoms with Crippen molar-refractivity contribution in [3.63, 3.8) is 0 Å². The molecule has 10 nitrogen and oxygen atoms in total. The van der Waals surface area contributed by atoms with Crippen molar-refractivity contribution in [1.29, 1.82) is 5.26 Å². The van der Waals surface area contributed by atoms with Gasteiger partial charge >= 0.3 is 5.97 Å². The summed E-state index contributed by atoms with van der Waals surface area (Å²) in [5.74, 6) is 0.0802. The van der Waals surface area contributed by atoms with E-state index in [9.17, 15) is 20.3 Å². The number of aliphatic hydroxyl groups excluding tert-OH is 2. The predicted octanol–water partition coefficient (Wildman–Crippen LogP) is 1.09. The Morgan fingerprint density at radius 3 is 2.67 bits per heavy atom. The van der Waals surface area contributed by atoms with Crippen molar-refractivity contribution in [2.24, 2.45) is 0 Å². The van der Waals surface area contributed by atoms with E-state index in [4.69, 9.17) is 14.2 Å². The van der Waals surface area contributed by atoms with Gasteiger partial charge in [-0.2, -0.15) is 5.26 Å². The largest absolute Gasteiger partial charge is 0.495 e. The third-order valence-electron chi connectivity index (χ3n) is 7.45. The summed E-state index contributed by atoms with van der Waals surface area (Å²) in [5.41, 5.74) is 3.93. The average molecular weight is 495 g/mol. The van der Waals surface area contributed by atoms with Gasteiger partial charge in [-0.3, -0.25) is 14.8 Å². The molecule has 2 bridgehead atoms. The number of ether oxygens (including phenoxy) is 3. The first-order valence-electron chi connectivity index (χ1n) is 12.0. The van der Waals surface area contributed by atoms with Gasteiger partial charge in [0.05, 0.1) is 37.7 Å². The highest BCUT2D eigenvalue weighted by atomic mass is 16.5. The molecule has 36 heavy (non-hydrogen) atoms. The molecule has 5 rings (SSSR count). The van der Waals surface area contributed by atoms with Crippen molar-refractivity contribution < 1.29 is 29.2 Å². The molecule has 10 heteroatoms. The minimum atomic E-state index is -0.842. The highest BCUT2D eigenvalue weighted by Crippen LogP contribution is 2.31. The van der Waals surface area contributed by atoms with Crippen molar-refractivity contribution in [3.8, 4) is 11.8 Å². The van der Waals surface area contributed by atoms with Crippen LogP contribution in [-0.4, -0.2) is 89.6 Å². The number of nitrogens with zero attached hydrogens (tertiary/aromatic N) is 4. The summed E-state index contributed by atoms with van der Waals surface area (Å²) in [4.78, 5) is 20.6. The third kappa shape index (κ3) is 4.56. The van der Waals surface area contributed by atoms with Gasteiger partial charge in [0, 0.05) is 56.1 Å². The minimum absolute atomic E-state index is 0.0618. The molecule has 0 aliphatic carbocycles. The van der Waals surface area contributed by atoms with E-state index in [2.05, 4.69) is 14.8 Å². The van der Waals surface area contributed by atoms with Crippen molar-refractivity contribution >= 4 is 5.97 Å². The van der Waals surface area contributed by atoms with Gasteiger partial charge in [0.2, 0.25) is 0 Å². The summed E-state index contributed by atoms with van der Waals surface area (Å²) < 4.78 is 16.2. The summed E-state index contributed by atoms with van der Waals surface area (Å²) in [5, 5.41) is 31.2. The lowest BCUT2D eigenvalue weighted by Gasteiger charge is -2.50. The van der Waals surface area contributed by atoms with E-state index >= 15 is 0 Å². The Morgan fingerprint density at radius 2 is 1.97 bits per heavy atom. The Hall–Kier alpha value is -3.07. The summed E-state index contributed by atoms with van der Waals surface area (Å²) in [6.07, 6.45) is -0.116. The molecule has 190 valence electrons. The zero-order chi connectivity index (χ0) is 25.4. The van der Waals surface area contributed by atoms with Crippen molar-refractivity contribution in [1.82, 2.24) is 14.8 Å². The van der Waals surface area contributed by atoms with Crippen LogP contribution in [0.1, 0.15) is 50.5 Å². The molecule has 0 saturated carbocycles. The number of aliphatic hydroxyl groups is 2. The number of rotatable bonds is 7. The van der Waals surface area contributed by atoms with E-state index in [1.54, 1.807) is 12.1 Å². The zero-order valence-electron chi connectivity index (χ0n) is 20.4. The maximum atomic E-state index is 11.8. The second-order valence-electron chi connectivity index (χ2n) is 9.60. The molecule has 3 unspecified atom stereocenters. The van der Waals surface area contributed by atoms with Gasteiger partial charge in [-0.1, -0.05) is 6.07 Å². The SMILES string of the molecule is COc1cc(C(O)CN2C3COCC2CN(C[C@H](O)c2ccc4c(c2C)COC4=O)C3)ncc1C#N. The number of morpholine rings is 1. The van der Waals surface area contributed by atoms with Gasteiger partial charge < -0.3 is 24.4 Å². The fourth-order valence-electron chi connectivity index (χ4n) is 5.51. The van der Waals surface area contributed by atoms with Crippen molar-refractivity contribution in [2.75, 3.05) is 46.5 Å². The number of β-amino-alcohol motifs (C(OH)–C–C–N with tert-alkyl or cyclic N) is 1. The first kappa shape index (κ1) is 24.6. The predicted molar refractivity (Wildman–Crippen MR) is 127 cm³/mol.